The lowest BCUT2D eigenvalue weighted by Crippen LogP contribution is -2.27. The quantitative estimate of drug-likeness (QED) is 0.906. The third-order valence-corrected chi connectivity index (χ3v) is 4.19. The predicted octanol–water partition coefficient (Wildman–Crippen LogP) is 3.57. The van der Waals surface area contributed by atoms with Gasteiger partial charge in [-0.2, -0.15) is 0 Å². The number of carbonyl (C=O) groups excluding carboxylic acids is 2. The van der Waals surface area contributed by atoms with E-state index >= 15 is 0 Å². The van der Waals surface area contributed by atoms with Crippen LogP contribution in [-0.2, 0) is 0 Å². The second-order valence-corrected chi connectivity index (χ2v) is 5.99. The molecule has 0 aliphatic carbocycles. The molecule has 5 nitrogen and oxygen atoms in total. The van der Waals surface area contributed by atoms with Gasteiger partial charge in [0.05, 0.1) is 6.61 Å². The van der Waals surface area contributed by atoms with Crippen LogP contribution >= 0.6 is 0 Å². The van der Waals surface area contributed by atoms with E-state index in [1.54, 1.807) is 48.5 Å². The van der Waals surface area contributed by atoms with Gasteiger partial charge >= 0.3 is 0 Å². The summed E-state index contributed by atoms with van der Waals surface area (Å²) < 4.78 is 5.38. The molecular formula is C20H22N2O3. The normalized spacial score (nSPS) is 13.6. The van der Waals surface area contributed by atoms with Gasteiger partial charge in [0.15, 0.2) is 0 Å². The molecule has 0 aromatic heterocycles. The van der Waals surface area contributed by atoms with Crippen molar-refractivity contribution in [1.29, 1.82) is 0 Å². The highest BCUT2D eigenvalue weighted by Crippen LogP contribution is 2.18. The van der Waals surface area contributed by atoms with E-state index in [4.69, 9.17) is 4.74 Å². The van der Waals surface area contributed by atoms with E-state index in [0.29, 0.717) is 23.4 Å². The Morgan fingerprint density at radius 2 is 1.76 bits per heavy atom. The number of likely N-dealkylation sites (tertiary alicyclic amines) is 1. The number of rotatable bonds is 5. The van der Waals surface area contributed by atoms with Crippen molar-refractivity contribution in [3.8, 4) is 5.75 Å². The maximum Gasteiger partial charge on any atom is 0.255 e. The summed E-state index contributed by atoms with van der Waals surface area (Å²) in [7, 11) is 0. The molecule has 2 amide bonds. The van der Waals surface area contributed by atoms with Gasteiger partial charge in [0, 0.05) is 29.9 Å². The minimum absolute atomic E-state index is 0.0228. The first-order valence-corrected chi connectivity index (χ1v) is 8.61. The fourth-order valence-corrected chi connectivity index (χ4v) is 2.91. The lowest BCUT2D eigenvalue weighted by molar-refractivity contribution is 0.0792. The molecule has 0 radical (unpaired) electrons. The van der Waals surface area contributed by atoms with Crippen LogP contribution in [0.5, 0.6) is 5.75 Å². The third kappa shape index (κ3) is 4.18. The number of nitrogens with zero attached hydrogens (tertiary/aromatic N) is 1. The molecule has 130 valence electrons. The van der Waals surface area contributed by atoms with Crippen molar-refractivity contribution in [3.05, 3.63) is 59.7 Å². The maximum absolute atomic E-state index is 12.5. The Morgan fingerprint density at radius 1 is 1.04 bits per heavy atom. The molecule has 1 fully saturated rings. The average Bonchev–Trinajstić information content (AvgIpc) is 3.17. The SMILES string of the molecule is CCOc1ccc(C(=O)Nc2cccc(C(=O)N3CCCC3)c2)cc1. The van der Waals surface area contributed by atoms with Gasteiger partial charge in [0.25, 0.3) is 11.8 Å². The Balaban J connectivity index is 1.68. The summed E-state index contributed by atoms with van der Waals surface area (Å²) >= 11 is 0. The van der Waals surface area contributed by atoms with Crippen LogP contribution in [0.4, 0.5) is 5.69 Å². The molecule has 2 aromatic rings. The van der Waals surface area contributed by atoms with Gasteiger partial charge in [-0.15, -0.1) is 0 Å². The topological polar surface area (TPSA) is 58.6 Å². The summed E-state index contributed by atoms with van der Waals surface area (Å²) in [5.41, 5.74) is 1.76. The molecule has 0 saturated carbocycles. The maximum atomic E-state index is 12.5. The van der Waals surface area contributed by atoms with Crippen LogP contribution in [0.3, 0.4) is 0 Å². The zero-order valence-corrected chi connectivity index (χ0v) is 14.3. The monoisotopic (exact) mass is 338 g/mol. The lowest BCUT2D eigenvalue weighted by Gasteiger charge is -2.15. The molecule has 1 saturated heterocycles. The summed E-state index contributed by atoms with van der Waals surface area (Å²) in [5.74, 6) is 0.542. The Morgan fingerprint density at radius 3 is 2.44 bits per heavy atom. The molecule has 0 spiro atoms. The van der Waals surface area contributed by atoms with Crippen LogP contribution in [-0.4, -0.2) is 36.4 Å². The van der Waals surface area contributed by atoms with Crippen LogP contribution in [0.1, 0.15) is 40.5 Å². The van der Waals surface area contributed by atoms with Gasteiger partial charge in [-0.05, 0) is 62.2 Å². The summed E-state index contributed by atoms with van der Waals surface area (Å²) in [6.07, 6.45) is 2.11. The highest BCUT2D eigenvalue weighted by Gasteiger charge is 2.19. The summed E-state index contributed by atoms with van der Waals surface area (Å²) in [6.45, 7) is 4.11. The number of nitrogens with one attached hydrogen (secondary N) is 1. The van der Waals surface area contributed by atoms with Gasteiger partial charge in [0.1, 0.15) is 5.75 Å². The number of amides is 2. The largest absolute Gasteiger partial charge is 0.494 e. The summed E-state index contributed by atoms with van der Waals surface area (Å²) in [6, 6.07) is 14.1. The molecular weight excluding hydrogens is 316 g/mol. The van der Waals surface area contributed by atoms with Gasteiger partial charge in [-0.1, -0.05) is 6.07 Å². The van der Waals surface area contributed by atoms with Crippen LogP contribution in [0.25, 0.3) is 0 Å². The average molecular weight is 338 g/mol. The molecule has 1 N–H and O–H groups in total. The number of benzene rings is 2. The Labute approximate surface area is 147 Å². The summed E-state index contributed by atoms with van der Waals surface area (Å²) in [4.78, 5) is 26.7. The van der Waals surface area contributed by atoms with Gasteiger partial charge in [0.2, 0.25) is 0 Å². The van der Waals surface area contributed by atoms with Crippen molar-refractivity contribution in [2.75, 3.05) is 25.0 Å². The fourth-order valence-electron chi connectivity index (χ4n) is 2.91. The number of hydrogen-bond acceptors (Lipinski definition) is 3. The third-order valence-electron chi connectivity index (χ3n) is 4.19. The van der Waals surface area contributed by atoms with Gasteiger partial charge in [-0.25, -0.2) is 0 Å². The number of ether oxygens (including phenoxy) is 1. The standard InChI is InChI=1S/C20H22N2O3/c1-2-25-18-10-8-15(9-11-18)19(23)21-17-7-5-6-16(14-17)20(24)22-12-3-4-13-22/h5-11,14H,2-4,12-13H2,1H3,(H,21,23). The first-order chi connectivity index (χ1) is 12.2. The molecule has 0 bridgehead atoms. The van der Waals surface area contributed by atoms with Crippen molar-refractivity contribution in [2.45, 2.75) is 19.8 Å². The van der Waals surface area contributed by atoms with Crippen LogP contribution in [0.15, 0.2) is 48.5 Å². The summed E-state index contributed by atoms with van der Waals surface area (Å²) in [5, 5.41) is 2.85. The predicted molar refractivity (Wildman–Crippen MR) is 97.1 cm³/mol. The lowest BCUT2D eigenvalue weighted by atomic mass is 10.1. The molecule has 1 heterocycles. The van der Waals surface area contributed by atoms with Gasteiger partial charge < -0.3 is 15.0 Å². The van der Waals surface area contributed by atoms with Crippen LogP contribution in [0, 0.1) is 0 Å². The van der Waals surface area contributed by atoms with Crippen molar-refractivity contribution in [3.63, 3.8) is 0 Å². The first-order valence-electron chi connectivity index (χ1n) is 8.61. The van der Waals surface area contributed by atoms with Crippen molar-refractivity contribution < 1.29 is 14.3 Å². The van der Waals surface area contributed by atoms with Crippen LogP contribution in [0.2, 0.25) is 0 Å². The highest BCUT2D eigenvalue weighted by atomic mass is 16.5. The second kappa shape index (κ2) is 7.83. The molecule has 1 aliphatic rings. The number of anilines is 1. The number of carbonyl (C=O) groups is 2. The van der Waals surface area contributed by atoms with E-state index in [1.165, 1.54) is 0 Å². The van der Waals surface area contributed by atoms with Crippen molar-refractivity contribution >= 4 is 17.5 Å². The van der Waals surface area contributed by atoms with E-state index in [9.17, 15) is 9.59 Å². The Hall–Kier alpha value is -2.82. The van der Waals surface area contributed by atoms with Crippen LogP contribution < -0.4 is 10.1 Å². The molecule has 3 rings (SSSR count). The Bertz CT molecular complexity index is 750. The molecule has 2 aromatic carbocycles. The molecule has 25 heavy (non-hydrogen) atoms. The van der Waals surface area contributed by atoms with E-state index in [-0.39, 0.29) is 11.8 Å². The number of hydrogen-bond donors (Lipinski definition) is 1. The van der Waals surface area contributed by atoms with Crippen molar-refractivity contribution in [1.82, 2.24) is 4.90 Å². The zero-order chi connectivity index (χ0) is 17.6. The Kier molecular flexibility index (Phi) is 5.33. The van der Waals surface area contributed by atoms with E-state index in [2.05, 4.69) is 5.32 Å². The molecule has 1 aliphatic heterocycles. The molecule has 5 heteroatoms. The zero-order valence-electron chi connectivity index (χ0n) is 14.3. The minimum atomic E-state index is -0.214. The molecule has 0 atom stereocenters. The second-order valence-electron chi connectivity index (χ2n) is 5.99. The smallest absolute Gasteiger partial charge is 0.255 e. The van der Waals surface area contributed by atoms with Crippen molar-refractivity contribution in [2.24, 2.45) is 0 Å². The van der Waals surface area contributed by atoms with Gasteiger partial charge in [-0.3, -0.25) is 9.59 Å². The van der Waals surface area contributed by atoms with E-state index in [1.807, 2.05) is 11.8 Å². The van der Waals surface area contributed by atoms with E-state index < -0.39 is 0 Å². The minimum Gasteiger partial charge on any atom is -0.494 e. The fraction of sp³-hybridized carbons (Fsp3) is 0.300. The van der Waals surface area contributed by atoms with E-state index in [0.717, 1.165) is 31.7 Å². The molecule has 0 unspecified atom stereocenters. The first kappa shape index (κ1) is 17.0. The highest BCUT2D eigenvalue weighted by molar-refractivity contribution is 6.05.